The molecule has 3 heteroatoms. The lowest BCUT2D eigenvalue weighted by molar-refractivity contribution is 0.968. The Bertz CT molecular complexity index is 485. The molecule has 0 aliphatic carbocycles. The molecular weight excluding hydrogens is 180 g/mol. The molecule has 3 rings (SSSR count). The maximum Gasteiger partial charge on any atom is 0.0535 e. The summed E-state index contributed by atoms with van der Waals surface area (Å²) in [4.78, 5) is 9.72. The van der Waals surface area contributed by atoms with Crippen LogP contribution in [0.15, 0.2) is 23.5 Å². The average Bonchev–Trinajstić information content (AvgIpc) is 2.56. The molecule has 0 bridgehead atoms. The van der Waals surface area contributed by atoms with Crippen LogP contribution in [0.25, 0.3) is 10.1 Å². The van der Waals surface area contributed by atoms with Crippen molar-refractivity contribution in [1.29, 1.82) is 0 Å². The Kier molecular flexibility index (Phi) is 1.46. The van der Waals surface area contributed by atoms with Crippen molar-refractivity contribution in [1.82, 2.24) is 4.98 Å². The van der Waals surface area contributed by atoms with E-state index in [4.69, 9.17) is 0 Å². The molecular formula is C10H8N2S. The predicted molar refractivity (Wildman–Crippen MR) is 55.8 cm³/mol. The molecule has 0 atom stereocenters. The van der Waals surface area contributed by atoms with Crippen molar-refractivity contribution in [2.75, 3.05) is 6.54 Å². The van der Waals surface area contributed by atoms with E-state index in [1.54, 1.807) is 11.3 Å². The smallest absolute Gasteiger partial charge is 0.0535 e. The second-order valence-corrected chi connectivity index (χ2v) is 4.19. The average molecular weight is 188 g/mol. The Morgan fingerprint density at radius 2 is 2.38 bits per heavy atom. The Hall–Kier alpha value is -1.22. The molecule has 0 spiro atoms. The van der Waals surface area contributed by atoms with Crippen molar-refractivity contribution in [3.05, 3.63) is 28.9 Å². The Labute approximate surface area is 80.0 Å². The SMILES string of the molecule is C1=NCCc2c1sc1cnccc21. The molecule has 13 heavy (non-hydrogen) atoms. The summed E-state index contributed by atoms with van der Waals surface area (Å²) in [5.74, 6) is 0. The van der Waals surface area contributed by atoms with Gasteiger partial charge >= 0.3 is 0 Å². The number of rotatable bonds is 0. The molecule has 0 unspecified atom stereocenters. The lowest BCUT2D eigenvalue weighted by atomic mass is 10.1. The van der Waals surface area contributed by atoms with Crippen molar-refractivity contribution < 1.29 is 0 Å². The standard InChI is InChI=1S/C10H8N2S/c1-3-11-5-9-7(1)8-2-4-12-6-10(8)13-9/h1,3,5-6H,2,4H2. The normalized spacial score (nSPS) is 14.8. The topological polar surface area (TPSA) is 25.2 Å². The number of aliphatic imine (C=N–C) groups is 1. The van der Waals surface area contributed by atoms with Crippen LogP contribution in [0.5, 0.6) is 0 Å². The predicted octanol–water partition coefficient (Wildman–Crippen LogP) is 2.27. The van der Waals surface area contributed by atoms with E-state index in [2.05, 4.69) is 16.0 Å². The van der Waals surface area contributed by atoms with Gasteiger partial charge in [0.15, 0.2) is 0 Å². The van der Waals surface area contributed by atoms with Crippen LogP contribution in [0.3, 0.4) is 0 Å². The van der Waals surface area contributed by atoms with Gasteiger partial charge in [-0.15, -0.1) is 11.3 Å². The van der Waals surface area contributed by atoms with Crippen LogP contribution >= 0.6 is 11.3 Å². The second kappa shape index (κ2) is 2.64. The Balaban J connectivity index is 2.41. The lowest BCUT2D eigenvalue weighted by Gasteiger charge is -2.03. The van der Waals surface area contributed by atoms with E-state index in [0.29, 0.717) is 0 Å². The van der Waals surface area contributed by atoms with Crippen LogP contribution in [0, 0.1) is 0 Å². The van der Waals surface area contributed by atoms with Crippen molar-refractivity contribution in [3.8, 4) is 0 Å². The third kappa shape index (κ3) is 1.00. The van der Waals surface area contributed by atoms with Gasteiger partial charge in [-0.1, -0.05) is 0 Å². The van der Waals surface area contributed by atoms with Crippen LogP contribution in [-0.2, 0) is 6.42 Å². The van der Waals surface area contributed by atoms with E-state index in [9.17, 15) is 0 Å². The molecule has 2 nitrogen and oxygen atoms in total. The van der Waals surface area contributed by atoms with Crippen LogP contribution in [0.2, 0.25) is 0 Å². The van der Waals surface area contributed by atoms with Gasteiger partial charge in [0.2, 0.25) is 0 Å². The highest BCUT2D eigenvalue weighted by Gasteiger charge is 2.12. The van der Waals surface area contributed by atoms with Gasteiger partial charge < -0.3 is 0 Å². The first-order valence-electron chi connectivity index (χ1n) is 4.30. The van der Waals surface area contributed by atoms with Gasteiger partial charge in [-0.2, -0.15) is 0 Å². The maximum atomic E-state index is 4.28. The second-order valence-electron chi connectivity index (χ2n) is 3.10. The van der Waals surface area contributed by atoms with E-state index in [1.807, 2.05) is 18.6 Å². The van der Waals surface area contributed by atoms with Gasteiger partial charge in [-0.25, -0.2) is 0 Å². The number of aromatic nitrogens is 1. The number of fused-ring (bicyclic) bond motifs is 3. The molecule has 3 heterocycles. The summed E-state index contributed by atoms with van der Waals surface area (Å²) >= 11 is 1.79. The van der Waals surface area contributed by atoms with E-state index < -0.39 is 0 Å². The third-order valence-corrected chi connectivity index (χ3v) is 3.44. The van der Waals surface area contributed by atoms with Crippen molar-refractivity contribution in [3.63, 3.8) is 0 Å². The van der Waals surface area contributed by atoms with Crippen LogP contribution < -0.4 is 0 Å². The molecule has 0 saturated carbocycles. The summed E-state index contributed by atoms with van der Waals surface area (Å²) in [6.07, 6.45) is 6.87. The number of hydrogen-bond acceptors (Lipinski definition) is 3. The quantitative estimate of drug-likeness (QED) is 0.622. The first kappa shape index (κ1) is 7.21. The number of thiophene rings is 1. The van der Waals surface area contributed by atoms with Gasteiger partial charge in [0, 0.05) is 30.0 Å². The summed E-state index contributed by atoms with van der Waals surface area (Å²) < 4.78 is 1.28. The molecule has 0 radical (unpaired) electrons. The monoisotopic (exact) mass is 188 g/mol. The van der Waals surface area contributed by atoms with E-state index in [1.165, 1.54) is 20.5 Å². The van der Waals surface area contributed by atoms with Crippen LogP contribution in [-0.4, -0.2) is 17.7 Å². The molecule has 2 aromatic heterocycles. The van der Waals surface area contributed by atoms with Crippen LogP contribution in [0.4, 0.5) is 0 Å². The molecule has 0 fully saturated rings. The van der Waals surface area contributed by atoms with Gasteiger partial charge in [-0.05, 0) is 23.4 Å². The van der Waals surface area contributed by atoms with E-state index >= 15 is 0 Å². The first-order valence-corrected chi connectivity index (χ1v) is 5.12. The number of hydrogen-bond donors (Lipinski definition) is 0. The molecule has 1 aliphatic rings. The van der Waals surface area contributed by atoms with Gasteiger partial charge in [0.05, 0.1) is 4.70 Å². The third-order valence-electron chi connectivity index (χ3n) is 2.33. The summed E-state index contributed by atoms with van der Waals surface area (Å²) in [5.41, 5.74) is 1.46. The summed E-state index contributed by atoms with van der Waals surface area (Å²) in [5, 5.41) is 1.36. The fraction of sp³-hybridized carbons (Fsp3) is 0.200. The highest BCUT2D eigenvalue weighted by atomic mass is 32.1. The summed E-state index contributed by atoms with van der Waals surface area (Å²) in [6, 6.07) is 2.10. The molecule has 2 aromatic rings. The molecule has 0 saturated heterocycles. The summed E-state index contributed by atoms with van der Waals surface area (Å²) in [7, 11) is 0. The molecule has 1 aliphatic heterocycles. The summed E-state index contributed by atoms with van der Waals surface area (Å²) in [6.45, 7) is 0.932. The van der Waals surface area contributed by atoms with Crippen molar-refractivity contribution in [2.24, 2.45) is 4.99 Å². The zero-order valence-electron chi connectivity index (χ0n) is 7.03. The van der Waals surface area contributed by atoms with Crippen molar-refractivity contribution >= 4 is 27.6 Å². The number of pyridine rings is 1. The Morgan fingerprint density at radius 1 is 1.38 bits per heavy atom. The lowest BCUT2D eigenvalue weighted by Crippen LogP contribution is -1.98. The zero-order chi connectivity index (χ0) is 8.67. The zero-order valence-corrected chi connectivity index (χ0v) is 7.84. The number of nitrogens with zero attached hydrogens (tertiary/aromatic N) is 2. The van der Waals surface area contributed by atoms with E-state index in [-0.39, 0.29) is 0 Å². The molecule has 0 amide bonds. The molecule has 64 valence electrons. The van der Waals surface area contributed by atoms with Gasteiger partial charge in [0.25, 0.3) is 0 Å². The fourth-order valence-electron chi connectivity index (χ4n) is 1.71. The minimum absolute atomic E-state index is 0.932. The van der Waals surface area contributed by atoms with E-state index in [0.717, 1.165) is 13.0 Å². The van der Waals surface area contributed by atoms with Gasteiger partial charge in [-0.3, -0.25) is 9.98 Å². The van der Waals surface area contributed by atoms with Gasteiger partial charge in [0.1, 0.15) is 0 Å². The van der Waals surface area contributed by atoms with Crippen LogP contribution in [0.1, 0.15) is 10.4 Å². The first-order chi connectivity index (χ1) is 6.45. The van der Waals surface area contributed by atoms with Crippen molar-refractivity contribution in [2.45, 2.75) is 6.42 Å². The minimum Gasteiger partial charge on any atom is -0.291 e. The highest BCUT2D eigenvalue weighted by Crippen LogP contribution is 2.31. The largest absolute Gasteiger partial charge is 0.291 e. The molecule has 0 N–H and O–H groups in total. The fourth-order valence-corrected chi connectivity index (χ4v) is 2.82. The maximum absolute atomic E-state index is 4.28. The molecule has 0 aromatic carbocycles. The minimum atomic E-state index is 0.932. The Morgan fingerprint density at radius 3 is 3.38 bits per heavy atom. The highest BCUT2D eigenvalue weighted by molar-refractivity contribution is 7.20.